The molecular formula is C22H27BrClN3O5S. The highest BCUT2D eigenvalue weighted by molar-refractivity contribution is 9.10. The Labute approximate surface area is 208 Å². The number of nitrogens with one attached hydrogen (secondary N) is 1. The van der Waals surface area contributed by atoms with Gasteiger partial charge in [0.05, 0.1) is 19.1 Å². The van der Waals surface area contributed by atoms with E-state index in [1.54, 1.807) is 19.9 Å². The highest BCUT2D eigenvalue weighted by Gasteiger charge is 2.31. The zero-order valence-electron chi connectivity index (χ0n) is 18.8. The molecule has 0 radical (unpaired) electrons. The summed E-state index contributed by atoms with van der Waals surface area (Å²) in [6.07, 6.45) is 0.993. The number of methoxy groups -OCH3 is 1. The van der Waals surface area contributed by atoms with Crippen molar-refractivity contribution in [3.05, 3.63) is 57.5 Å². The molecule has 2 aromatic rings. The number of halogens is 2. The molecule has 1 N–H and O–H groups in total. The van der Waals surface area contributed by atoms with Crippen molar-refractivity contribution in [2.24, 2.45) is 0 Å². The molecule has 33 heavy (non-hydrogen) atoms. The van der Waals surface area contributed by atoms with Crippen LogP contribution in [0, 0.1) is 0 Å². The van der Waals surface area contributed by atoms with E-state index < -0.39 is 28.5 Å². The summed E-state index contributed by atoms with van der Waals surface area (Å²) in [6.45, 7) is 3.36. The number of carbonyl (C=O) groups excluding carboxylic acids is 2. The zero-order chi connectivity index (χ0) is 24.8. The lowest BCUT2D eigenvalue weighted by atomic mass is 10.1. The molecule has 2 amide bonds. The fraction of sp³-hybridized carbons (Fsp3) is 0.364. The van der Waals surface area contributed by atoms with E-state index in [1.165, 1.54) is 24.1 Å². The van der Waals surface area contributed by atoms with Crippen LogP contribution in [-0.2, 0) is 26.2 Å². The van der Waals surface area contributed by atoms with Gasteiger partial charge in [0.15, 0.2) is 0 Å². The summed E-state index contributed by atoms with van der Waals surface area (Å²) in [6, 6.07) is 11.0. The van der Waals surface area contributed by atoms with E-state index in [1.807, 2.05) is 24.3 Å². The SMILES string of the molecule is CCNC(=O)[C@@H](C)N(Cc1cccc(Br)c1)C(=O)CN(c1cc(Cl)ccc1OC)S(C)(=O)=O. The normalized spacial score (nSPS) is 12.1. The number of rotatable bonds is 10. The first-order valence-corrected chi connectivity index (χ1v) is 13.1. The van der Waals surface area contributed by atoms with Crippen LogP contribution >= 0.6 is 27.5 Å². The van der Waals surface area contributed by atoms with Gasteiger partial charge in [0, 0.05) is 22.6 Å². The Morgan fingerprint density at radius 2 is 1.91 bits per heavy atom. The number of carbonyl (C=O) groups is 2. The van der Waals surface area contributed by atoms with Crippen molar-refractivity contribution in [1.82, 2.24) is 10.2 Å². The first-order valence-electron chi connectivity index (χ1n) is 10.1. The standard InChI is InChI=1S/C22H27BrClN3O5S/c1-5-25-22(29)15(2)26(13-16-7-6-8-17(23)11-16)21(28)14-27(33(4,30)31)19-12-18(24)9-10-20(19)32-3/h6-12,15H,5,13-14H2,1-4H3,(H,25,29)/t15-/m1/s1. The molecule has 0 aromatic heterocycles. The van der Waals surface area contributed by atoms with E-state index >= 15 is 0 Å². The van der Waals surface area contributed by atoms with Crippen LogP contribution in [0.1, 0.15) is 19.4 Å². The van der Waals surface area contributed by atoms with Crippen molar-refractivity contribution < 1.29 is 22.7 Å². The van der Waals surface area contributed by atoms with Gasteiger partial charge in [0.25, 0.3) is 0 Å². The van der Waals surface area contributed by atoms with Gasteiger partial charge >= 0.3 is 0 Å². The maximum atomic E-state index is 13.5. The molecule has 0 heterocycles. The molecule has 0 fully saturated rings. The van der Waals surface area contributed by atoms with E-state index in [0.29, 0.717) is 6.54 Å². The number of amides is 2. The average Bonchev–Trinajstić information content (AvgIpc) is 2.74. The number of sulfonamides is 1. The number of ether oxygens (including phenoxy) is 1. The summed E-state index contributed by atoms with van der Waals surface area (Å²) >= 11 is 9.49. The summed E-state index contributed by atoms with van der Waals surface area (Å²) in [5.41, 5.74) is 0.911. The average molecular weight is 561 g/mol. The van der Waals surface area contributed by atoms with E-state index in [-0.39, 0.29) is 28.9 Å². The Bertz CT molecular complexity index is 1110. The molecule has 0 saturated carbocycles. The van der Waals surface area contributed by atoms with Crippen LogP contribution in [0.15, 0.2) is 46.9 Å². The topological polar surface area (TPSA) is 96.0 Å². The van der Waals surface area contributed by atoms with Crippen molar-refractivity contribution in [2.45, 2.75) is 26.4 Å². The molecule has 0 aliphatic heterocycles. The van der Waals surface area contributed by atoms with Gasteiger partial charge in [-0.15, -0.1) is 0 Å². The molecule has 0 aliphatic rings. The highest BCUT2D eigenvalue weighted by atomic mass is 79.9. The molecule has 180 valence electrons. The smallest absolute Gasteiger partial charge is 0.244 e. The van der Waals surface area contributed by atoms with E-state index in [2.05, 4.69) is 21.2 Å². The molecule has 0 bridgehead atoms. The summed E-state index contributed by atoms with van der Waals surface area (Å²) in [5.74, 6) is -0.652. The molecule has 2 rings (SSSR count). The number of hydrogen-bond donors (Lipinski definition) is 1. The van der Waals surface area contributed by atoms with Gasteiger partial charge in [-0.25, -0.2) is 8.42 Å². The first-order chi connectivity index (χ1) is 15.5. The molecule has 0 spiro atoms. The molecular weight excluding hydrogens is 534 g/mol. The number of anilines is 1. The second-order valence-electron chi connectivity index (χ2n) is 7.31. The largest absolute Gasteiger partial charge is 0.495 e. The van der Waals surface area contributed by atoms with Gasteiger partial charge in [-0.3, -0.25) is 13.9 Å². The predicted octanol–water partition coefficient (Wildman–Crippen LogP) is 3.43. The van der Waals surface area contributed by atoms with Gasteiger partial charge in [-0.1, -0.05) is 39.7 Å². The fourth-order valence-electron chi connectivity index (χ4n) is 3.19. The van der Waals surface area contributed by atoms with Crippen LogP contribution < -0.4 is 14.4 Å². The van der Waals surface area contributed by atoms with Crippen molar-refractivity contribution in [3.63, 3.8) is 0 Å². The van der Waals surface area contributed by atoms with Crippen molar-refractivity contribution in [2.75, 3.05) is 30.8 Å². The minimum absolute atomic E-state index is 0.112. The number of benzene rings is 2. The molecule has 11 heteroatoms. The lowest BCUT2D eigenvalue weighted by Gasteiger charge is -2.31. The van der Waals surface area contributed by atoms with Crippen LogP contribution in [-0.4, -0.2) is 57.6 Å². The van der Waals surface area contributed by atoms with Crippen molar-refractivity contribution in [3.8, 4) is 5.75 Å². The molecule has 0 aliphatic carbocycles. The van der Waals surface area contributed by atoms with Gasteiger partial charge in [0.2, 0.25) is 21.8 Å². The molecule has 1 atom stereocenters. The second-order valence-corrected chi connectivity index (χ2v) is 10.6. The Hall–Kier alpha value is -2.30. The third kappa shape index (κ3) is 7.35. The Kier molecular flexibility index (Phi) is 9.57. The Morgan fingerprint density at radius 3 is 2.48 bits per heavy atom. The lowest BCUT2D eigenvalue weighted by Crippen LogP contribution is -2.51. The summed E-state index contributed by atoms with van der Waals surface area (Å²) in [4.78, 5) is 27.4. The van der Waals surface area contributed by atoms with Gasteiger partial charge in [0.1, 0.15) is 18.3 Å². The zero-order valence-corrected chi connectivity index (χ0v) is 22.0. The monoisotopic (exact) mass is 559 g/mol. The van der Waals surface area contributed by atoms with E-state index in [0.717, 1.165) is 20.6 Å². The van der Waals surface area contributed by atoms with E-state index in [4.69, 9.17) is 16.3 Å². The predicted molar refractivity (Wildman–Crippen MR) is 133 cm³/mol. The van der Waals surface area contributed by atoms with Gasteiger partial charge in [-0.2, -0.15) is 0 Å². The minimum Gasteiger partial charge on any atom is -0.495 e. The summed E-state index contributed by atoms with van der Waals surface area (Å²) in [5, 5.41) is 2.99. The first kappa shape index (κ1) is 26.9. The second kappa shape index (κ2) is 11.7. The van der Waals surface area contributed by atoms with Crippen molar-refractivity contribution in [1.29, 1.82) is 0 Å². The third-order valence-electron chi connectivity index (χ3n) is 4.85. The maximum Gasteiger partial charge on any atom is 0.244 e. The summed E-state index contributed by atoms with van der Waals surface area (Å²) in [7, 11) is -2.50. The fourth-order valence-corrected chi connectivity index (χ4v) is 4.65. The quantitative estimate of drug-likeness (QED) is 0.480. The number of hydrogen-bond acceptors (Lipinski definition) is 5. The number of nitrogens with zero attached hydrogens (tertiary/aromatic N) is 2. The molecule has 0 unspecified atom stereocenters. The molecule has 8 nitrogen and oxygen atoms in total. The third-order valence-corrected chi connectivity index (χ3v) is 6.70. The number of likely N-dealkylation sites (N-methyl/N-ethyl adjacent to an activating group) is 1. The van der Waals surface area contributed by atoms with Crippen LogP contribution in [0.25, 0.3) is 0 Å². The Balaban J connectivity index is 2.46. The van der Waals surface area contributed by atoms with Gasteiger partial charge < -0.3 is 15.0 Å². The van der Waals surface area contributed by atoms with Crippen LogP contribution in [0.5, 0.6) is 5.75 Å². The highest BCUT2D eigenvalue weighted by Crippen LogP contribution is 2.33. The Morgan fingerprint density at radius 1 is 1.21 bits per heavy atom. The van der Waals surface area contributed by atoms with Crippen molar-refractivity contribution >= 4 is 55.1 Å². The van der Waals surface area contributed by atoms with Crippen LogP contribution in [0.4, 0.5) is 5.69 Å². The van der Waals surface area contributed by atoms with Crippen LogP contribution in [0.2, 0.25) is 5.02 Å². The molecule has 0 saturated heterocycles. The summed E-state index contributed by atoms with van der Waals surface area (Å²) < 4.78 is 32.3. The van der Waals surface area contributed by atoms with Gasteiger partial charge in [-0.05, 0) is 49.7 Å². The minimum atomic E-state index is -3.89. The maximum absolute atomic E-state index is 13.5. The van der Waals surface area contributed by atoms with Crippen LogP contribution in [0.3, 0.4) is 0 Å². The van der Waals surface area contributed by atoms with E-state index in [9.17, 15) is 18.0 Å². The molecule has 2 aromatic carbocycles. The lowest BCUT2D eigenvalue weighted by molar-refractivity contribution is -0.139.